The van der Waals surface area contributed by atoms with Crippen molar-refractivity contribution in [1.29, 1.82) is 0 Å². The molecule has 1 aromatic carbocycles. The number of hydrogen-bond donors (Lipinski definition) is 2. The van der Waals surface area contributed by atoms with Crippen LogP contribution in [0.3, 0.4) is 0 Å². The smallest absolute Gasteiger partial charge is 0.224 e. The minimum absolute atomic E-state index is 0.0341. The van der Waals surface area contributed by atoms with E-state index in [4.69, 9.17) is 4.42 Å². The van der Waals surface area contributed by atoms with Crippen molar-refractivity contribution in [2.45, 2.75) is 12.8 Å². The molecule has 5 heteroatoms. The Morgan fingerprint density at radius 2 is 2.19 bits per heavy atom. The van der Waals surface area contributed by atoms with Crippen LogP contribution in [0.15, 0.2) is 59.3 Å². The molecular weight excluding hydrogens is 266 g/mol. The summed E-state index contributed by atoms with van der Waals surface area (Å²) in [5.74, 6) is 0.782. The van der Waals surface area contributed by atoms with Crippen LogP contribution in [-0.4, -0.2) is 16.1 Å². The minimum Gasteiger partial charge on any atom is -0.469 e. The maximum atomic E-state index is 11.9. The van der Waals surface area contributed by atoms with Crippen LogP contribution in [0.4, 0.5) is 5.69 Å². The number of nitrogens with one attached hydrogen (secondary N) is 2. The molecule has 1 amide bonds. The van der Waals surface area contributed by atoms with Crippen LogP contribution in [0.2, 0.25) is 0 Å². The Kier molecular flexibility index (Phi) is 3.82. The molecule has 0 aliphatic carbocycles. The summed E-state index contributed by atoms with van der Waals surface area (Å²) >= 11 is 0. The van der Waals surface area contributed by atoms with Crippen molar-refractivity contribution in [2.24, 2.45) is 0 Å². The van der Waals surface area contributed by atoms with Crippen LogP contribution < -0.4 is 5.32 Å². The summed E-state index contributed by atoms with van der Waals surface area (Å²) in [5, 5.41) is 9.72. The van der Waals surface area contributed by atoms with Crippen molar-refractivity contribution < 1.29 is 9.21 Å². The molecule has 2 N–H and O–H groups in total. The molecule has 0 atom stereocenters. The normalized spacial score (nSPS) is 10.5. The van der Waals surface area contributed by atoms with E-state index in [2.05, 4.69) is 15.5 Å². The third-order valence-corrected chi connectivity index (χ3v) is 3.14. The standard InChI is InChI=1S/C16H15N3O2/c20-16(7-6-14-5-2-10-21-14)18-13-4-1-3-12(11-13)15-8-9-17-19-15/h1-5,8-11H,6-7H2,(H,17,19)(H,18,20). The number of aromatic amines is 1. The average molecular weight is 281 g/mol. The van der Waals surface area contributed by atoms with Gasteiger partial charge in [-0.25, -0.2) is 0 Å². The van der Waals surface area contributed by atoms with E-state index >= 15 is 0 Å². The average Bonchev–Trinajstić information content (AvgIpc) is 3.19. The molecule has 5 nitrogen and oxygen atoms in total. The summed E-state index contributed by atoms with van der Waals surface area (Å²) in [5.41, 5.74) is 2.67. The Balaban J connectivity index is 1.62. The number of nitrogens with zero attached hydrogens (tertiary/aromatic N) is 1. The zero-order valence-corrected chi connectivity index (χ0v) is 11.4. The Hall–Kier alpha value is -2.82. The highest BCUT2D eigenvalue weighted by molar-refractivity contribution is 5.91. The number of amides is 1. The van der Waals surface area contributed by atoms with Gasteiger partial charge >= 0.3 is 0 Å². The van der Waals surface area contributed by atoms with E-state index in [0.29, 0.717) is 12.8 Å². The highest BCUT2D eigenvalue weighted by Crippen LogP contribution is 2.20. The molecule has 3 aromatic rings. The third kappa shape index (κ3) is 3.39. The SMILES string of the molecule is O=C(CCc1ccco1)Nc1cccc(-c2ccn[nH]2)c1. The second-order valence-electron chi connectivity index (χ2n) is 4.68. The molecule has 0 aliphatic rings. The minimum atomic E-state index is -0.0341. The first-order valence-corrected chi connectivity index (χ1v) is 6.73. The summed E-state index contributed by atoms with van der Waals surface area (Å²) < 4.78 is 5.21. The van der Waals surface area contributed by atoms with Crippen molar-refractivity contribution in [2.75, 3.05) is 5.32 Å². The van der Waals surface area contributed by atoms with Gasteiger partial charge in [-0.05, 0) is 30.3 Å². The third-order valence-electron chi connectivity index (χ3n) is 3.14. The fourth-order valence-corrected chi connectivity index (χ4v) is 2.10. The van der Waals surface area contributed by atoms with Gasteiger partial charge in [0.25, 0.3) is 0 Å². The zero-order valence-electron chi connectivity index (χ0n) is 11.4. The maximum Gasteiger partial charge on any atom is 0.224 e. The number of furan rings is 1. The molecule has 0 unspecified atom stereocenters. The van der Waals surface area contributed by atoms with Gasteiger partial charge in [0, 0.05) is 30.3 Å². The van der Waals surface area contributed by atoms with Crippen LogP contribution >= 0.6 is 0 Å². The largest absolute Gasteiger partial charge is 0.469 e. The first-order valence-electron chi connectivity index (χ1n) is 6.73. The van der Waals surface area contributed by atoms with Crippen LogP contribution in [0.25, 0.3) is 11.3 Å². The highest BCUT2D eigenvalue weighted by atomic mass is 16.3. The van der Waals surface area contributed by atoms with Gasteiger partial charge in [0.15, 0.2) is 0 Å². The number of rotatable bonds is 5. The highest BCUT2D eigenvalue weighted by Gasteiger charge is 2.06. The van der Waals surface area contributed by atoms with E-state index in [9.17, 15) is 4.79 Å². The van der Waals surface area contributed by atoms with Crippen molar-refractivity contribution in [3.63, 3.8) is 0 Å². The van der Waals surface area contributed by atoms with E-state index in [1.165, 1.54) is 0 Å². The molecule has 106 valence electrons. The van der Waals surface area contributed by atoms with Gasteiger partial charge in [0.05, 0.1) is 12.0 Å². The number of benzene rings is 1. The van der Waals surface area contributed by atoms with Crippen molar-refractivity contribution in [3.8, 4) is 11.3 Å². The van der Waals surface area contributed by atoms with Crippen LogP contribution in [0, 0.1) is 0 Å². The lowest BCUT2D eigenvalue weighted by atomic mass is 10.1. The molecule has 0 bridgehead atoms. The van der Waals surface area contributed by atoms with Gasteiger partial charge in [0.1, 0.15) is 5.76 Å². The molecule has 21 heavy (non-hydrogen) atoms. The number of aromatic nitrogens is 2. The Bertz CT molecular complexity index is 703. The van der Waals surface area contributed by atoms with Crippen LogP contribution in [-0.2, 0) is 11.2 Å². The monoisotopic (exact) mass is 281 g/mol. The number of hydrogen-bond acceptors (Lipinski definition) is 3. The van der Waals surface area contributed by atoms with Gasteiger partial charge in [-0.3, -0.25) is 9.89 Å². The van der Waals surface area contributed by atoms with Crippen molar-refractivity contribution in [1.82, 2.24) is 10.2 Å². The summed E-state index contributed by atoms with van der Waals surface area (Å²) in [7, 11) is 0. The first kappa shape index (κ1) is 13.2. The number of carbonyl (C=O) groups is 1. The van der Waals surface area contributed by atoms with Gasteiger partial charge < -0.3 is 9.73 Å². The van der Waals surface area contributed by atoms with E-state index in [1.807, 2.05) is 42.5 Å². The van der Waals surface area contributed by atoms with Crippen LogP contribution in [0.5, 0.6) is 0 Å². The molecule has 0 radical (unpaired) electrons. The molecule has 0 saturated heterocycles. The number of aryl methyl sites for hydroxylation is 1. The first-order chi connectivity index (χ1) is 10.3. The maximum absolute atomic E-state index is 11.9. The van der Waals surface area contributed by atoms with Crippen LogP contribution in [0.1, 0.15) is 12.2 Å². The Morgan fingerprint density at radius 3 is 2.95 bits per heavy atom. The summed E-state index contributed by atoms with van der Waals surface area (Å²) in [6, 6.07) is 13.2. The summed E-state index contributed by atoms with van der Waals surface area (Å²) in [6.07, 6.45) is 4.30. The van der Waals surface area contributed by atoms with E-state index in [-0.39, 0.29) is 5.91 Å². The van der Waals surface area contributed by atoms with Gasteiger partial charge in [0.2, 0.25) is 5.91 Å². The lowest BCUT2D eigenvalue weighted by molar-refractivity contribution is -0.116. The quantitative estimate of drug-likeness (QED) is 0.754. The van der Waals surface area contributed by atoms with E-state index in [0.717, 1.165) is 22.7 Å². The van der Waals surface area contributed by atoms with Gasteiger partial charge in [-0.15, -0.1) is 0 Å². The summed E-state index contributed by atoms with van der Waals surface area (Å²) in [6.45, 7) is 0. The number of H-pyrrole nitrogens is 1. The molecule has 0 fully saturated rings. The second kappa shape index (κ2) is 6.09. The zero-order chi connectivity index (χ0) is 14.5. The second-order valence-corrected chi connectivity index (χ2v) is 4.68. The lowest BCUT2D eigenvalue weighted by Crippen LogP contribution is -2.12. The lowest BCUT2D eigenvalue weighted by Gasteiger charge is -2.06. The molecule has 0 saturated carbocycles. The molecular formula is C16H15N3O2. The Morgan fingerprint density at radius 1 is 1.24 bits per heavy atom. The summed E-state index contributed by atoms with van der Waals surface area (Å²) in [4.78, 5) is 11.9. The number of carbonyl (C=O) groups excluding carboxylic acids is 1. The fraction of sp³-hybridized carbons (Fsp3) is 0.125. The number of anilines is 1. The molecule has 2 heterocycles. The molecule has 3 rings (SSSR count). The van der Waals surface area contributed by atoms with Crippen molar-refractivity contribution >= 4 is 11.6 Å². The molecule has 0 aliphatic heterocycles. The predicted octanol–water partition coefficient (Wildman–Crippen LogP) is 3.24. The van der Waals surface area contributed by atoms with Crippen molar-refractivity contribution in [3.05, 3.63) is 60.7 Å². The topological polar surface area (TPSA) is 70.9 Å². The van der Waals surface area contributed by atoms with E-state index < -0.39 is 0 Å². The molecule has 2 aromatic heterocycles. The predicted molar refractivity (Wildman–Crippen MR) is 79.7 cm³/mol. The van der Waals surface area contributed by atoms with Gasteiger partial charge in [-0.2, -0.15) is 5.10 Å². The van der Waals surface area contributed by atoms with Gasteiger partial charge in [-0.1, -0.05) is 12.1 Å². The molecule has 0 spiro atoms. The Labute approximate surface area is 122 Å². The fourth-order valence-electron chi connectivity index (χ4n) is 2.10. The van der Waals surface area contributed by atoms with E-state index in [1.54, 1.807) is 12.5 Å².